The summed E-state index contributed by atoms with van der Waals surface area (Å²) >= 11 is 7.42. The molecule has 2 heterocycles. The summed E-state index contributed by atoms with van der Waals surface area (Å²) in [5.41, 5.74) is 3.18. The third kappa shape index (κ3) is 3.06. The Kier molecular flexibility index (Phi) is 4.38. The fourth-order valence-corrected chi connectivity index (χ4v) is 3.85. The summed E-state index contributed by atoms with van der Waals surface area (Å²) in [5.74, 6) is -0.264. The molecule has 0 spiro atoms. The first-order valence-corrected chi connectivity index (χ1v) is 9.25. The number of carbonyl (C=O) groups excluding carboxylic acids is 1. The number of fused-ring (bicyclic) bond motifs is 3. The molecular weight excluding hydrogens is 373 g/mol. The standard InChI is InChI=1S/C19H13ClFN3OS/c1-11-8-18-22-23-19(24(18)16-7-4-13(20)9-15(11)16)26-10-17(25)12-2-5-14(21)6-3-12/h2-9H,10H2,1H3. The normalized spacial score (nSPS) is 11.3. The molecule has 0 saturated heterocycles. The maximum absolute atomic E-state index is 13.0. The Balaban J connectivity index is 1.69. The predicted molar refractivity (Wildman–Crippen MR) is 102 cm³/mol. The number of pyridine rings is 1. The van der Waals surface area contributed by atoms with Gasteiger partial charge in [-0.05, 0) is 61.0 Å². The molecule has 0 radical (unpaired) electrons. The van der Waals surface area contributed by atoms with Gasteiger partial charge >= 0.3 is 0 Å². The van der Waals surface area contributed by atoms with Gasteiger partial charge in [0.15, 0.2) is 16.6 Å². The van der Waals surface area contributed by atoms with Crippen LogP contribution in [0.15, 0.2) is 53.7 Å². The summed E-state index contributed by atoms with van der Waals surface area (Å²) in [7, 11) is 0. The topological polar surface area (TPSA) is 47.3 Å². The molecule has 0 bridgehead atoms. The van der Waals surface area contributed by atoms with Crippen LogP contribution in [0.1, 0.15) is 15.9 Å². The number of aryl methyl sites for hydroxylation is 1. The van der Waals surface area contributed by atoms with Crippen molar-refractivity contribution in [3.63, 3.8) is 0 Å². The summed E-state index contributed by atoms with van der Waals surface area (Å²) in [5, 5.41) is 10.7. The van der Waals surface area contributed by atoms with Crippen molar-refractivity contribution < 1.29 is 9.18 Å². The number of carbonyl (C=O) groups is 1. The zero-order valence-electron chi connectivity index (χ0n) is 13.7. The zero-order chi connectivity index (χ0) is 18.3. The molecule has 130 valence electrons. The molecule has 0 fully saturated rings. The minimum Gasteiger partial charge on any atom is -0.293 e. The van der Waals surface area contributed by atoms with Gasteiger partial charge in [0.1, 0.15) is 5.82 Å². The molecule has 7 heteroatoms. The number of nitrogens with zero attached hydrogens (tertiary/aromatic N) is 3. The first-order chi connectivity index (χ1) is 12.5. The van der Waals surface area contributed by atoms with Gasteiger partial charge in [0, 0.05) is 16.0 Å². The minimum absolute atomic E-state index is 0.0915. The van der Waals surface area contributed by atoms with E-state index in [0.29, 0.717) is 21.4 Å². The lowest BCUT2D eigenvalue weighted by Gasteiger charge is -2.08. The second kappa shape index (κ2) is 6.70. The van der Waals surface area contributed by atoms with Crippen molar-refractivity contribution >= 4 is 45.7 Å². The van der Waals surface area contributed by atoms with E-state index in [9.17, 15) is 9.18 Å². The molecule has 0 saturated carbocycles. The molecule has 26 heavy (non-hydrogen) atoms. The van der Waals surface area contributed by atoms with Crippen LogP contribution in [0.3, 0.4) is 0 Å². The van der Waals surface area contributed by atoms with Gasteiger partial charge in [-0.3, -0.25) is 9.20 Å². The van der Waals surface area contributed by atoms with Crippen molar-refractivity contribution in [1.29, 1.82) is 0 Å². The monoisotopic (exact) mass is 385 g/mol. The Morgan fingerprint density at radius 2 is 1.92 bits per heavy atom. The lowest BCUT2D eigenvalue weighted by molar-refractivity contribution is 0.102. The Labute approximate surface area is 158 Å². The lowest BCUT2D eigenvalue weighted by atomic mass is 10.1. The molecule has 0 atom stereocenters. The van der Waals surface area contributed by atoms with Gasteiger partial charge in [-0.25, -0.2) is 4.39 Å². The fourth-order valence-electron chi connectivity index (χ4n) is 2.83. The number of ketones is 1. The molecule has 0 aliphatic rings. The average Bonchev–Trinajstić information content (AvgIpc) is 3.03. The molecule has 0 aliphatic carbocycles. The number of benzene rings is 2. The molecule has 4 aromatic rings. The van der Waals surface area contributed by atoms with Gasteiger partial charge in [0.25, 0.3) is 0 Å². The van der Waals surface area contributed by atoms with E-state index in [1.807, 2.05) is 35.6 Å². The second-order valence-electron chi connectivity index (χ2n) is 5.88. The van der Waals surface area contributed by atoms with Gasteiger partial charge in [0.2, 0.25) is 0 Å². The number of thioether (sulfide) groups is 1. The Hall–Kier alpha value is -2.44. The van der Waals surface area contributed by atoms with Crippen molar-refractivity contribution in [3.8, 4) is 0 Å². The Morgan fingerprint density at radius 1 is 1.15 bits per heavy atom. The zero-order valence-corrected chi connectivity index (χ0v) is 15.3. The van der Waals surface area contributed by atoms with Crippen molar-refractivity contribution in [3.05, 3.63) is 70.5 Å². The maximum Gasteiger partial charge on any atom is 0.196 e. The van der Waals surface area contributed by atoms with Gasteiger partial charge < -0.3 is 0 Å². The minimum atomic E-state index is -0.363. The summed E-state index contributed by atoms with van der Waals surface area (Å²) in [4.78, 5) is 12.3. The number of hydrogen-bond donors (Lipinski definition) is 0. The van der Waals surface area contributed by atoms with E-state index in [0.717, 1.165) is 16.5 Å². The predicted octanol–water partition coefficient (Wildman–Crippen LogP) is 4.96. The number of Topliss-reactive ketones (excluding diaryl/α,β-unsaturated/α-hetero) is 1. The highest BCUT2D eigenvalue weighted by molar-refractivity contribution is 7.99. The quantitative estimate of drug-likeness (QED) is 0.368. The van der Waals surface area contributed by atoms with Crippen LogP contribution < -0.4 is 0 Å². The van der Waals surface area contributed by atoms with Gasteiger partial charge in [-0.2, -0.15) is 0 Å². The highest BCUT2D eigenvalue weighted by Gasteiger charge is 2.14. The molecule has 0 amide bonds. The molecule has 0 N–H and O–H groups in total. The second-order valence-corrected chi connectivity index (χ2v) is 7.26. The highest BCUT2D eigenvalue weighted by Crippen LogP contribution is 2.28. The van der Waals surface area contributed by atoms with E-state index in [1.165, 1.54) is 36.0 Å². The van der Waals surface area contributed by atoms with E-state index >= 15 is 0 Å². The number of rotatable bonds is 4. The summed E-state index contributed by atoms with van der Waals surface area (Å²) in [6, 6.07) is 13.1. The highest BCUT2D eigenvalue weighted by atomic mass is 35.5. The fraction of sp³-hybridized carbons (Fsp3) is 0.105. The van der Waals surface area contributed by atoms with E-state index in [2.05, 4.69) is 10.2 Å². The lowest BCUT2D eigenvalue weighted by Crippen LogP contribution is -2.03. The van der Waals surface area contributed by atoms with Crippen LogP contribution in [-0.2, 0) is 0 Å². The maximum atomic E-state index is 13.0. The third-order valence-corrected chi connectivity index (χ3v) is 5.29. The van der Waals surface area contributed by atoms with Crippen molar-refractivity contribution in [2.75, 3.05) is 5.75 Å². The number of hydrogen-bond acceptors (Lipinski definition) is 4. The van der Waals surface area contributed by atoms with Crippen LogP contribution in [0.2, 0.25) is 5.02 Å². The van der Waals surface area contributed by atoms with E-state index in [-0.39, 0.29) is 17.4 Å². The summed E-state index contributed by atoms with van der Waals surface area (Å²) < 4.78 is 14.9. The first-order valence-electron chi connectivity index (χ1n) is 7.88. The van der Waals surface area contributed by atoms with E-state index < -0.39 is 0 Å². The first kappa shape index (κ1) is 17.0. The molecule has 0 unspecified atom stereocenters. The van der Waals surface area contributed by atoms with Crippen molar-refractivity contribution in [1.82, 2.24) is 14.6 Å². The SMILES string of the molecule is Cc1cc2nnc(SCC(=O)c3ccc(F)cc3)n2c2ccc(Cl)cc12. The molecular formula is C19H13ClFN3OS. The summed E-state index contributed by atoms with van der Waals surface area (Å²) in [6.07, 6.45) is 0. The van der Waals surface area contributed by atoms with Crippen LogP contribution >= 0.6 is 23.4 Å². The number of aromatic nitrogens is 3. The van der Waals surface area contributed by atoms with Crippen LogP contribution in [0.4, 0.5) is 4.39 Å². The molecule has 0 aliphatic heterocycles. The van der Waals surface area contributed by atoms with Gasteiger partial charge in [0.05, 0.1) is 11.3 Å². The Morgan fingerprint density at radius 3 is 2.69 bits per heavy atom. The number of halogens is 2. The van der Waals surface area contributed by atoms with Gasteiger partial charge in [-0.1, -0.05) is 23.4 Å². The van der Waals surface area contributed by atoms with Crippen molar-refractivity contribution in [2.24, 2.45) is 0 Å². The van der Waals surface area contributed by atoms with E-state index in [1.54, 1.807) is 0 Å². The Bertz CT molecular complexity index is 1140. The van der Waals surface area contributed by atoms with E-state index in [4.69, 9.17) is 11.6 Å². The van der Waals surface area contributed by atoms with Crippen LogP contribution in [-0.4, -0.2) is 26.1 Å². The molecule has 2 aromatic heterocycles. The molecule has 4 nitrogen and oxygen atoms in total. The largest absolute Gasteiger partial charge is 0.293 e. The van der Waals surface area contributed by atoms with Crippen molar-refractivity contribution in [2.45, 2.75) is 12.1 Å². The van der Waals surface area contributed by atoms with Crippen LogP contribution in [0.25, 0.3) is 16.6 Å². The molecule has 2 aromatic carbocycles. The van der Waals surface area contributed by atoms with Crippen LogP contribution in [0.5, 0.6) is 0 Å². The molecule has 4 rings (SSSR count). The third-order valence-electron chi connectivity index (χ3n) is 4.13. The summed E-state index contributed by atoms with van der Waals surface area (Å²) in [6.45, 7) is 2.00. The average molecular weight is 386 g/mol. The van der Waals surface area contributed by atoms with Crippen LogP contribution in [0, 0.1) is 12.7 Å². The smallest absolute Gasteiger partial charge is 0.196 e. The van der Waals surface area contributed by atoms with Gasteiger partial charge in [-0.15, -0.1) is 10.2 Å².